The average Bonchev–Trinajstić information content (AvgIpc) is 3.50. The van der Waals surface area contributed by atoms with E-state index in [1.165, 1.54) is 4.31 Å². The van der Waals surface area contributed by atoms with Gasteiger partial charge in [0.25, 0.3) is 0 Å². The number of hydrogen-bond acceptors (Lipinski definition) is 4. The number of ether oxygens (including phenoxy) is 1. The van der Waals surface area contributed by atoms with Crippen molar-refractivity contribution in [3.8, 4) is 0 Å². The Morgan fingerprint density at radius 1 is 1.22 bits per heavy atom. The van der Waals surface area contributed by atoms with Gasteiger partial charge in [-0.15, -0.1) is 0 Å². The fourth-order valence-corrected chi connectivity index (χ4v) is 4.56. The third-order valence-corrected chi connectivity index (χ3v) is 6.65. The number of benzene rings is 1. The van der Waals surface area contributed by atoms with Crippen LogP contribution in [0, 0.1) is 5.92 Å². The van der Waals surface area contributed by atoms with Crippen molar-refractivity contribution in [1.29, 1.82) is 0 Å². The van der Waals surface area contributed by atoms with Crippen LogP contribution in [0.2, 0.25) is 0 Å². The topological polar surface area (TPSA) is 66.9 Å². The van der Waals surface area contributed by atoms with Gasteiger partial charge in [-0.05, 0) is 42.5 Å². The van der Waals surface area contributed by atoms with Crippen LogP contribution < -0.4 is 0 Å². The van der Waals surface area contributed by atoms with E-state index in [2.05, 4.69) is 13.8 Å². The minimum Gasteiger partial charge on any atom is -0.379 e. The molecule has 3 rings (SSSR count). The quantitative estimate of drug-likeness (QED) is 0.668. The minimum atomic E-state index is -3.49. The van der Waals surface area contributed by atoms with E-state index in [1.54, 1.807) is 36.4 Å². The molecule has 1 aliphatic heterocycles. The lowest BCUT2D eigenvalue weighted by Crippen LogP contribution is -2.40. The number of carbonyl (C=O) groups excluding carboxylic acids is 1. The number of hydrogen-bond donors (Lipinski definition) is 0. The lowest BCUT2D eigenvalue weighted by Gasteiger charge is -2.26. The molecule has 1 aromatic rings. The molecule has 7 heteroatoms. The maximum atomic E-state index is 12.6. The van der Waals surface area contributed by atoms with Gasteiger partial charge in [0.05, 0.1) is 18.1 Å². The molecule has 0 spiro atoms. The molecule has 1 saturated heterocycles. The van der Waals surface area contributed by atoms with Gasteiger partial charge < -0.3 is 9.64 Å². The van der Waals surface area contributed by atoms with Crippen LogP contribution in [0.4, 0.5) is 0 Å². The molecule has 148 valence electrons. The predicted octanol–water partition coefficient (Wildman–Crippen LogP) is 2.37. The number of carbonyl (C=O) groups is 1. The Morgan fingerprint density at radius 3 is 2.41 bits per heavy atom. The van der Waals surface area contributed by atoms with E-state index in [0.717, 1.165) is 24.9 Å². The molecule has 0 radical (unpaired) electrons. The Kier molecular flexibility index (Phi) is 6.34. The van der Waals surface area contributed by atoms with Crippen molar-refractivity contribution >= 4 is 22.0 Å². The Morgan fingerprint density at radius 2 is 1.85 bits per heavy atom. The van der Waals surface area contributed by atoms with E-state index in [9.17, 15) is 13.2 Å². The van der Waals surface area contributed by atoms with Crippen LogP contribution in [-0.4, -0.2) is 62.4 Å². The van der Waals surface area contributed by atoms with Gasteiger partial charge in [0.1, 0.15) is 0 Å². The second-order valence-electron chi connectivity index (χ2n) is 7.53. The highest BCUT2D eigenvalue weighted by atomic mass is 32.2. The van der Waals surface area contributed by atoms with Crippen LogP contribution in [0.3, 0.4) is 0 Å². The van der Waals surface area contributed by atoms with Gasteiger partial charge in [0, 0.05) is 31.8 Å². The smallest absolute Gasteiger partial charge is 0.246 e. The average molecular weight is 393 g/mol. The third-order valence-electron chi connectivity index (χ3n) is 4.74. The van der Waals surface area contributed by atoms with E-state index in [4.69, 9.17) is 4.74 Å². The van der Waals surface area contributed by atoms with Crippen molar-refractivity contribution in [1.82, 2.24) is 9.21 Å². The molecule has 0 aromatic heterocycles. The third kappa shape index (κ3) is 5.18. The van der Waals surface area contributed by atoms with Crippen molar-refractivity contribution in [2.75, 3.05) is 32.8 Å². The first-order valence-corrected chi connectivity index (χ1v) is 11.0. The Labute approximate surface area is 161 Å². The summed E-state index contributed by atoms with van der Waals surface area (Å²) in [4.78, 5) is 14.7. The molecule has 2 aliphatic rings. The lowest BCUT2D eigenvalue weighted by atomic mass is 10.2. The number of sulfonamides is 1. The van der Waals surface area contributed by atoms with Crippen molar-refractivity contribution < 1.29 is 17.9 Å². The van der Waals surface area contributed by atoms with Crippen LogP contribution in [0.15, 0.2) is 35.2 Å². The summed E-state index contributed by atoms with van der Waals surface area (Å²) in [6, 6.07) is 7.05. The SMILES string of the molecule is CC(C)CN(C(=O)/C=C/c1ccc(S(=O)(=O)N2CCOCC2)cc1)C1CC1. The summed E-state index contributed by atoms with van der Waals surface area (Å²) in [6.45, 7) is 6.60. The summed E-state index contributed by atoms with van der Waals surface area (Å²) in [5.41, 5.74) is 0.810. The van der Waals surface area contributed by atoms with Crippen molar-refractivity contribution in [2.45, 2.75) is 37.6 Å². The first kappa shape index (κ1) is 20.0. The molecule has 0 N–H and O–H groups in total. The summed E-state index contributed by atoms with van der Waals surface area (Å²) >= 11 is 0. The molecule has 0 unspecified atom stereocenters. The molecule has 0 atom stereocenters. The molecule has 1 aliphatic carbocycles. The lowest BCUT2D eigenvalue weighted by molar-refractivity contribution is -0.127. The number of nitrogens with zero attached hydrogens (tertiary/aromatic N) is 2. The van der Waals surface area contributed by atoms with Crippen LogP contribution in [-0.2, 0) is 19.6 Å². The van der Waals surface area contributed by atoms with E-state index < -0.39 is 10.0 Å². The monoisotopic (exact) mass is 392 g/mol. The second-order valence-corrected chi connectivity index (χ2v) is 9.47. The van der Waals surface area contributed by atoms with Gasteiger partial charge in [-0.2, -0.15) is 4.31 Å². The molecular weight excluding hydrogens is 364 g/mol. The molecule has 6 nitrogen and oxygen atoms in total. The Hall–Kier alpha value is -1.70. The maximum Gasteiger partial charge on any atom is 0.246 e. The Balaban J connectivity index is 1.66. The van der Waals surface area contributed by atoms with Gasteiger partial charge in [-0.3, -0.25) is 4.79 Å². The normalized spacial score (nSPS) is 18.9. The van der Waals surface area contributed by atoms with Gasteiger partial charge in [0.2, 0.25) is 15.9 Å². The molecule has 27 heavy (non-hydrogen) atoms. The molecule has 1 saturated carbocycles. The maximum absolute atomic E-state index is 12.6. The summed E-state index contributed by atoms with van der Waals surface area (Å²) in [5, 5.41) is 0. The standard InChI is InChI=1S/C20H28N2O4S/c1-16(2)15-22(18-6-7-18)20(23)10-5-17-3-8-19(9-4-17)27(24,25)21-11-13-26-14-12-21/h3-5,8-10,16,18H,6-7,11-15H2,1-2H3/b10-5+. The highest BCUT2D eigenvalue weighted by molar-refractivity contribution is 7.89. The first-order chi connectivity index (χ1) is 12.9. The molecule has 2 fully saturated rings. The fourth-order valence-electron chi connectivity index (χ4n) is 3.15. The van der Waals surface area contributed by atoms with E-state index in [0.29, 0.717) is 38.3 Å². The highest BCUT2D eigenvalue weighted by Crippen LogP contribution is 2.28. The molecule has 1 amide bonds. The van der Waals surface area contributed by atoms with Crippen molar-refractivity contribution in [3.05, 3.63) is 35.9 Å². The summed E-state index contributed by atoms with van der Waals surface area (Å²) < 4.78 is 31.9. The molecular formula is C20H28N2O4S. The largest absolute Gasteiger partial charge is 0.379 e. The van der Waals surface area contributed by atoms with Gasteiger partial charge in [-0.25, -0.2) is 8.42 Å². The van der Waals surface area contributed by atoms with Gasteiger partial charge in [0.15, 0.2) is 0 Å². The zero-order valence-electron chi connectivity index (χ0n) is 16.0. The zero-order chi connectivity index (χ0) is 19.4. The molecule has 1 heterocycles. The van der Waals surface area contributed by atoms with E-state index in [-0.39, 0.29) is 10.8 Å². The van der Waals surface area contributed by atoms with E-state index in [1.807, 2.05) is 4.90 Å². The molecule has 1 aromatic carbocycles. The van der Waals surface area contributed by atoms with Crippen LogP contribution in [0.1, 0.15) is 32.3 Å². The Bertz CT molecular complexity index is 777. The van der Waals surface area contributed by atoms with Crippen LogP contribution in [0.25, 0.3) is 6.08 Å². The summed E-state index contributed by atoms with van der Waals surface area (Å²) in [7, 11) is -3.49. The second kappa shape index (κ2) is 8.54. The van der Waals surface area contributed by atoms with Gasteiger partial charge >= 0.3 is 0 Å². The van der Waals surface area contributed by atoms with Gasteiger partial charge in [-0.1, -0.05) is 26.0 Å². The first-order valence-electron chi connectivity index (χ1n) is 9.54. The number of morpholine rings is 1. The fraction of sp³-hybridized carbons (Fsp3) is 0.550. The van der Waals surface area contributed by atoms with Crippen LogP contribution >= 0.6 is 0 Å². The van der Waals surface area contributed by atoms with E-state index >= 15 is 0 Å². The van der Waals surface area contributed by atoms with Crippen LogP contribution in [0.5, 0.6) is 0 Å². The minimum absolute atomic E-state index is 0.0243. The summed E-state index contributed by atoms with van der Waals surface area (Å²) in [6.07, 6.45) is 5.51. The predicted molar refractivity (Wildman–Crippen MR) is 105 cm³/mol. The summed E-state index contributed by atoms with van der Waals surface area (Å²) in [5.74, 6) is 0.462. The zero-order valence-corrected chi connectivity index (χ0v) is 16.8. The highest BCUT2D eigenvalue weighted by Gasteiger charge is 2.31. The number of amides is 1. The number of rotatable bonds is 7. The molecule has 0 bridgehead atoms. The van der Waals surface area contributed by atoms with Crippen molar-refractivity contribution in [3.63, 3.8) is 0 Å². The van der Waals surface area contributed by atoms with Crippen molar-refractivity contribution in [2.24, 2.45) is 5.92 Å².